The summed E-state index contributed by atoms with van der Waals surface area (Å²) in [5.74, 6) is -0.00430. The topological polar surface area (TPSA) is 81.7 Å². The Morgan fingerprint density at radius 3 is 2.41 bits per heavy atom. The van der Waals surface area contributed by atoms with Crippen LogP contribution in [-0.2, 0) is 4.79 Å². The number of hydrogen-bond donors (Lipinski definition) is 3. The van der Waals surface area contributed by atoms with Crippen LogP contribution >= 0.6 is 23.2 Å². The molecule has 0 unspecified atom stereocenters. The quantitative estimate of drug-likeness (QED) is 0.359. The lowest BCUT2D eigenvalue weighted by Crippen LogP contribution is -2.49. The summed E-state index contributed by atoms with van der Waals surface area (Å²) < 4.78 is 0. The first-order valence-corrected chi connectivity index (χ1v) is 14.3. The largest absolute Gasteiger partial charge is 0.507 e. The number of phenolic OH excluding ortho intramolecular Hbond substituents is 1. The van der Waals surface area contributed by atoms with Gasteiger partial charge in [0.1, 0.15) is 11.8 Å². The summed E-state index contributed by atoms with van der Waals surface area (Å²) in [6.45, 7) is 3.58. The second-order valence-corrected chi connectivity index (χ2v) is 11.1. The molecule has 200 valence electrons. The van der Waals surface area contributed by atoms with Gasteiger partial charge in [0.25, 0.3) is 5.91 Å². The minimum absolute atomic E-state index is 0.0316. The van der Waals surface area contributed by atoms with Gasteiger partial charge in [-0.2, -0.15) is 0 Å². The zero-order valence-electron chi connectivity index (χ0n) is 21.3. The Kier molecular flexibility index (Phi) is 10.1. The molecule has 0 spiro atoms. The van der Waals surface area contributed by atoms with Gasteiger partial charge in [0.15, 0.2) is 0 Å². The van der Waals surface area contributed by atoms with Gasteiger partial charge in [0.05, 0.1) is 10.0 Å². The van der Waals surface area contributed by atoms with Gasteiger partial charge in [-0.1, -0.05) is 67.8 Å². The lowest BCUT2D eigenvalue weighted by atomic mass is 9.84. The monoisotopic (exact) mass is 545 g/mol. The molecule has 1 saturated carbocycles. The van der Waals surface area contributed by atoms with Crippen molar-refractivity contribution < 1.29 is 14.7 Å². The fourth-order valence-electron chi connectivity index (χ4n) is 5.44. The molecule has 2 fully saturated rings. The molecule has 3 N–H and O–H groups in total. The smallest absolute Gasteiger partial charge is 0.251 e. The first-order valence-electron chi connectivity index (χ1n) is 13.5. The van der Waals surface area contributed by atoms with E-state index in [1.54, 1.807) is 30.3 Å². The SMILES string of the molecule is O=C(N[C@@H](CC1CCCCC1)C(=O)NCCN1CCCCC1)c1ccc(O)c(-c2ccc(Cl)c(Cl)c2)c1. The molecule has 2 aromatic rings. The minimum Gasteiger partial charge on any atom is -0.507 e. The number of halogens is 2. The van der Waals surface area contributed by atoms with E-state index in [0.29, 0.717) is 45.6 Å². The molecule has 0 radical (unpaired) electrons. The number of benzene rings is 2. The summed E-state index contributed by atoms with van der Waals surface area (Å²) in [7, 11) is 0. The molecule has 1 saturated heterocycles. The van der Waals surface area contributed by atoms with E-state index in [4.69, 9.17) is 23.2 Å². The van der Waals surface area contributed by atoms with Crippen molar-refractivity contribution in [1.29, 1.82) is 0 Å². The summed E-state index contributed by atoms with van der Waals surface area (Å²) in [5.41, 5.74) is 1.49. The van der Waals surface area contributed by atoms with E-state index in [1.165, 1.54) is 44.6 Å². The average molecular weight is 547 g/mol. The maximum atomic E-state index is 13.3. The van der Waals surface area contributed by atoms with Crippen molar-refractivity contribution in [3.05, 3.63) is 52.0 Å². The standard InChI is InChI=1S/C29H37Cl2N3O3/c30-24-11-9-21(19-25(24)31)23-18-22(10-12-27(23)35)28(36)33-26(17-20-7-3-1-4-8-20)29(37)32-13-16-34-14-5-2-6-15-34/h9-12,18-20,26,35H,1-8,13-17H2,(H,32,37)(H,33,36)/t26-/m0/s1. The van der Waals surface area contributed by atoms with Crippen molar-refractivity contribution >= 4 is 35.0 Å². The molecule has 0 bridgehead atoms. The second kappa shape index (κ2) is 13.5. The van der Waals surface area contributed by atoms with Crippen LogP contribution in [0.1, 0.15) is 68.1 Å². The van der Waals surface area contributed by atoms with Crippen LogP contribution in [0.4, 0.5) is 0 Å². The van der Waals surface area contributed by atoms with Gasteiger partial charge in [0, 0.05) is 24.2 Å². The Bertz CT molecular complexity index is 1080. The van der Waals surface area contributed by atoms with E-state index in [0.717, 1.165) is 32.5 Å². The van der Waals surface area contributed by atoms with Crippen molar-refractivity contribution in [2.45, 2.75) is 63.8 Å². The van der Waals surface area contributed by atoms with Crippen molar-refractivity contribution in [3.8, 4) is 16.9 Å². The predicted molar refractivity (Wildman–Crippen MR) is 149 cm³/mol. The van der Waals surface area contributed by atoms with Gasteiger partial charge in [-0.15, -0.1) is 0 Å². The molecule has 0 aromatic heterocycles. The van der Waals surface area contributed by atoms with Crippen molar-refractivity contribution in [1.82, 2.24) is 15.5 Å². The number of carbonyl (C=O) groups excluding carboxylic acids is 2. The highest BCUT2D eigenvalue weighted by Gasteiger charge is 2.27. The number of piperidine rings is 1. The van der Waals surface area contributed by atoms with Crippen molar-refractivity contribution in [3.63, 3.8) is 0 Å². The molecule has 6 nitrogen and oxygen atoms in total. The Morgan fingerprint density at radius 1 is 0.946 bits per heavy atom. The first-order chi connectivity index (χ1) is 17.9. The second-order valence-electron chi connectivity index (χ2n) is 10.3. The van der Waals surface area contributed by atoms with E-state index >= 15 is 0 Å². The van der Waals surface area contributed by atoms with Crippen LogP contribution in [0.15, 0.2) is 36.4 Å². The predicted octanol–water partition coefficient (Wildman–Crippen LogP) is 6.04. The molecule has 1 aliphatic carbocycles. The number of carbonyl (C=O) groups is 2. The zero-order valence-corrected chi connectivity index (χ0v) is 22.8. The fraction of sp³-hybridized carbons (Fsp3) is 0.517. The molecule has 1 heterocycles. The Labute approximate surface area is 229 Å². The zero-order chi connectivity index (χ0) is 26.2. The van der Waals surface area contributed by atoms with Crippen LogP contribution in [0, 0.1) is 5.92 Å². The number of nitrogens with one attached hydrogen (secondary N) is 2. The minimum atomic E-state index is -0.598. The van der Waals surface area contributed by atoms with Crippen LogP contribution < -0.4 is 10.6 Å². The van der Waals surface area contributed by atoms with Gasteiger partial charge in [-0.3, -0.25) is 9.59 Å². The van der Waals surface area contributed by atoms with Crippen molar-refractivity contribution in [2.24, 2.45) is 5.92 Å². The van der Waals surface area contributed by atoms with Gasteiger partial charge in [-0.05, 0) is 74.2 Å². The van der Waals surface area contributed by atoms with Crippen LogP contribution in [0.5, 0.6) is 5.75 Å². The number of hydrogen-bond acceptors (Lipinski definition) is 4. The third-order valence-electron chi connectivity index (χ3n) is 7.58. The Morgan fingerprint density at radius 2 is 1.68 bits per heavy atom. The molecular weight excluding hydrogens is 509 g/mol. The molecule has 1 aliphatic heterocycles. The summed E-state index contributed by atoms with van der Waals surface area (Å²) in [6.07, 6.45) is 10.1. The van der Waals surface area contributed by atoms with E-state index in [9.17, 15) is 14.7 Å². The molecule has 2 aromatic carbocycles. The van der Waals surface area contributed by atoms with Crippen LogP contribution in [0.25, 0.3) is 11.1 Å². The number of nitrogens with zero attached hydrogens (tertiary/aromatic N) is 1. The molecule has 2 aliphatic rings. The summed E-state index contributed by atoms with van der Waals surface area (Å²) in [5, 5.41) is 17.3. The fourth-order valence-corrected chi connectivity index (χ4v) is 5.74. The molecular formula is C29H37Cl2N3O3. The molecule has 37 heavy (non-hydrogen) atoms. The number of amides is 2. The maximum Gasteiger partial charge on any atom is 0.251 e. The highest BCUT2D eigenvalue weighted by Crippen LogP contribution is 2.34. The number of aromatic hydroxyl groups is 1. The summed E-state index contributed by atoms with van der Waals surface area (Å²) in [6, 6.07) is 9.13. The van der Waals surface area contributed by atoms with E-state index in [2.05, 4.69) is 15.5 Å². The first kappa shape index (κ1) is 27.7. The van der Waals surface area contributed by atoms with E-state index in [1.807, 2.05) is 0 Å². The number of rotatable bonds is 9. The van der Waals surface area contributed by atoms with Gasteiger partial charge in [0.2, 0.25) is 5.91 Å². The molecule has 4 rings (SSSR count). The van der Waals surface area contributed by atoms with Gasteiger partial charge < -0.3 is 20.6 Å². The lowest BCUT2D eigenvalue weighted by molar-refractivity contribution is -0.123. The maximum absolute atomic E-state index is 13.3. The molecule has 8 heteroatoms. The highest BCUT2D eigenvalue weighted by atomic mass is 35.5. The molecule has 1 atom stereocenters. The third-order valence-corrected chi connectivity index (χ3v) is 8.32. The Hall–Kier alpha value is -2.28. The van der Waals surface area contributed by atoms with Crippen molar-refractivity contribution in [2.75, 3.05) is 26.2 Å². The van der Waals surface area contributed by atoms with Gasteiger partial charge in [-0.25, -0.2) is 0 Å². The molecule has 2 amide bonds. The number of likely N-dealkylation sites (tertiary alicyclic amines) is 1. The van der Waals surface area contributed by atoms with E-state index in [-0.39, 0.29) is 17.6 Å². The van der Waals surface area contributed by atoms with Crippen LogP contribution in [0.3, 0.4) is 0 Å². The Balaban J connectivity index is 1.45. The summed E-state index contributed by atoms with van der Waals surface area (Å²) >= 11 is 12.2. The van der Waals surface area contributed by atoms with E-state index < -0.39 is 6.04 Å². The van der Waals surface area contributed by atoms with Crippen LogP contribution in [0.2, 0.25) is 10.0 Å². The highest BCUT2D eigenvalue weighted by molar-refractivity contribution is 6.42. The number of phenols is 1. The summed E-state index contributed by atoms with van der Waals surface area (Å²) in [4.78, 5) is 28.9. The third kappa shape index (κ3) is 7.86. The average Bonchev–Trinajstić information content (AvgIpc) is 2.91. The normalized spacial score (nSPS) is 17.8. The van der Waals surface area contributed by atoms with Crippen LogP contribution in [-0.4, -0.2) is 54.0 Å². The van der Waals surface area contributed by atoms with Gasteiger partial charge >= 0.3 is 0 Å². The lowest BCUT2D eigenvalue weighted by Gasteiger charge is -2.28.